The van der Waals surface area contributed by atoms with Crippen LogP contribution < -0.4 is 33.6 Å². The van der Waals surface area contributed by atoms with E-state index in [2.05, 4.69) is 10.6 Å². The van der Waals surface area contributed by atoms with Crippen molar-refractivity contribution in [3.8, 4) is 0 Å². The summed E-state index contributed by atoms with van der Waals surface area (Å²) in [6.07, 6.45) is -14.0. The highest BCUT2D eigenvalue weighted by Crippen LogP contribution is 2.37. The molecule has 43 heavy (non-hydrogen) atoms. The summed E-state index contributed by atoms with van der Waals surface area (Å²) < 4.78 is 17.7. The third-order valence-electron chi connectivity index (χ3n) is 9.44. The lowest BCUT2D eigenvalue weighted by atomic mass is 9.72. The first-order valence-electron chi connectivity index (χ1n) is 15.1. The van der Waals surface area contributed by atoms with Crippen molar-refractivity contribution in [3.05, 3.63) is 0 Å². The summed E-state index contributed by atoms with van der Waals surface area (Å²) in [6.45, 7) is 0.171. The van der Waals surface area contributed by atoms with Crippen molar-refractivity contribution >= 4 is 0 Å². The lowest BCUT2D eigenvalue weighted by molar-refractivity contribution is -0.310. The number of nitrogens with one attached hydrogen (secondary N) is 2. The zero-order valence-corrected chi connectivity index (χ0v) is 24.2. The number of rotatable bonds is 12. The van der Waals surface area contributed by atoms with Crippen molar-refractivity contribution in [2.24, 2.45) is 34.8 Å². The zero-order valence-electron chi connectivity index (χ0n) is 24.2. The van der Waals surface area contributed by atoms with Gasteiger partial charge in [-0.2, -0.15) is 0 Å². The maximum absolute atomic E-state index is 11.7. The molecule has 2 aliphatic heterocycles. The maximum Gasteiger partial charge on any atom is 0.186 e. The normalized spacial score (nSPS) is 49.8. The maximum atomic E-state index is 11.7. The van der Waals surface area contributed by atoms with E-state index >= 15 is 0 Å². The molecule has 4 fully saturated rings. The lowest BCUT2D eigenvalue weighted by Gasteiger charge is -2.52. The Morgan fingerprint density at radius 2 is 1.51 bits per heavy atom. The van der Waals surface area contributed by atoms with E-state index in [0.717, 1.165) is 12.8 Å². The highest BCUT2D eigenvalue weighted by atomic mass is 16.7. The molecular weight excluding hydrogens is 572 g/mol. The Bertz CT molecular complexity index is 862. The molecule has 2 saturated carbocycles. The van der Waals surface area contributed by atoms with Crippen molar-refractivity contribution in [3.63, 3.8) is 0 Å². The quantitative estimate of drug-likeness (QED) is 0.0958. The molecular formula is C26H52N6O11. The van der Waals surface area contributed by atoms with Crippen molar-refractivity contribution in [1.82, 2.24) is 10.6 Å². The lowest BCUT2D eigenvalue weighted by Crippen LogP contribution is -2.70. The highest BCUT2D eigenvalue weighted by molar-refractivity contribution is 5.07. The molecule has 18 N–H and O–H groups in total. The van der Waals surface area contributed by atoms with Crippen molar-refractivity contribution in [2.45, 2.75) is 117 Å². The molecule has 16 atom stereocenters. The van der Waals surface area contributed by atoms with Gasteiger partial charge >= 0.3 is 0 Å². The van der Waals surface area contributed by atoms with Gasteiger partial charge < -0.3 is 88.6 Å². The van der Waals surface area contributed by atoms with E-state index in [1.165, 1.54) is 0 Å². The summed E-state index contributed by atoms with van der Waals surface area (Å²) in [5, 5.41) is 91.0. The van der Waals surface area contributed by atoms with Gasteiger partial charge in [0.1, 0.15) is 42.7 Å². The molecule has 0 aromatic carbocycles. The number of ether oxygens (including phenoxy) is 3. The first-order valence-corrected chi connectivity index (χ1v) is 15.1. The Morgan fingerprint density at radius 1 is 0.814 bits per heavy atom. The van der Waals surface area contributed by atoms with Crippen LogP contribution in [-0.2, 0) is 14.2 Å². The highest BCUT2D eigenvalue weighted by Gasteiger charge is 2.55. The van der Waals surface area contributed by atoms with Crippen molar-refractivity contribution < 1.29 is 55.1 Å². The van der Waals surface area contributed by atoms with Gasteiger partial charge in [0.25, 0.3) is 0 Å². The zero-order chi connectivity index (χ0) is 31.6. The summed E-state index contributed by atoms with van der Waals surface area (Å²) in [5.41, 5.74) is 23.9. The van der Waals surface area contributed by atoms with E-state index in [9.17, 15) is 40.9 Å². The Hall–Kier alpha value is -0.680. The van der Waals surface area contributed by atoms with Gasteiger partial charge in [-0.15, -0.1) is 0 Å². The predicted molar refractivity (Wildman–Crippen MR) is 150 cm³/mol. The minimum Gasteiger partial charge on any atom is -0.394 e. The molecule has 0 aromatic rings. The van der Waals surface area contributed by atoms with E-state index in [4.69, 9.17) is 37.1 Å². The fraction of sp³-hybridized carbons (Fsp3) is 1.00. The third-order valence-corrected chi connectivity index (χ3v) is 9.44. The molecule has 0 bridgehead atoms. The smallest absolute Gasteiger partial charge is 0.186 e. The van der Waals surface area contributed by atoms with Gasteiger partial charge in [0.05, 0.1) is 37.1 Å². The second-order valence-corrected chi connectivity index (χ2v) is 12.6. The van der Waals surface area contributed by atoms with E-state index in [1.54, 1.807) is 0 Å². The van der Waals surface area contributed by atoms with Crippen LogP contribution in [0.1, 0.15) is 19.3 Å². The number of nitrogens with two attached hydrogens (primary N) is 4. The molecule has 0 radical (unpaired) electrons. The van der Waals surface area contributed by atoms with Gasteiger partial charge in [0.15, 0.2) is 6.29 Å². The van der Waals surface area contributed by atoms with E-state index in [1.807, 2.05) is 0 Å². The monoisotopic (exact) mass is 624 g/mol. The SMILES string of the molecule is NCC(O)CNC1CC(N)C(C2OC(CNCC3CC(N)C3)C(O)C(O)C2O)C(O)C1OC1OC(CO)C(O)C(N)C1O. The second-order valence-electron chi connectivity index (χ2n) is 12.6. The average molecular weight is 625 g/mol. The summed E-state index contributed by atoms with van der Waals surface area (Å²) in [7, 11) is 0. The largest absolute Gasteiger partial charge is 0.394 e. The molecule has 2 aliphatic carbocycles. The molecule has 0 aromatic heterocycles. The fourth-order valence-corrected chi connectivity index (χ4v) is 6.71. The van der Waals surface area contributed by atoms with Crippen molar-refractivity contribution in [2.75, 3.05) is 32.8 Å². The van der Waals surface area contributed by atoms with Crippen LogP contribution in [0.5, 0.6) is 0 Å². The molecule has 17 nitrogen and oxygen atoms in total. The van der Waals surface area contributed by atoms with E-state index in [0.29, 0.717) is 12.5 Å². The first kappa shape index (κ1) is 35.2. The Morgan fingerprint density at radius 3 is 2.14 bits per heavy atom. The Kier molecular flexibility index (Phi) is 12.5. The number of hydrogen-bond acceptors (Lipinski definition) is 17. The number of aliphatic hydroxyl groups excluding tert-OH is 8. The molecule has 4 rings (SSSR count). The topological polar surface area (TPSA) is 318 Å². The predicted octanol–water partition coefficient (Wildman–Crippen LogP) is -7.70. The Labute approximate surface area is 250 Å². The molecule has 2 heterocycles. The fourth-order valence-electron chi connectivity index (χ4n) is 6.71. The summed E-state index contributed by atoms with van der Waals surface area (Å²) in [6, 6.07) is -2.59. The van der Waals surface area contributed by atoms with Gasteiger partial charge in [0, 0.05) is 43.7 Å². The van der Waals surface area contributed by atoms with Crippen LogP contribution in [0, 0.1) is 11.8 Å². The molecule has 0 amide bonds. The van der Waals surface area contributed by atoms with Gasteiger partial charge in [-0.1, -0.05) is 0 Å². The average Bonchev–Trinajstić information content (AvgIpc) is 2.97. The van der Waals surface area contributed by atoms with Gasteiger partial charge in [-0.3, -0.25) is 0 Å². The van der Waals surface area contributed by atoms with Gasteiger partial charge in [-0.25, -0.2) is 0 Å². The second kappa shape index (κ2) is 15.3. The van der Waals surface area contributed by atoms with Crippen LogP contribution >= 0.6 is 0 Å². The van der Waals surface area contributed by atoms with Crippen LogP contribution in [0.3, 0.4) is 0 Å². The summed E-state index contributed by atoms with van der Waals surface area (Å²) in [5.74, 6) is -0.631. The first-order chi connectivity index (χ1) is 20.4. The molecule has 2 saturated heterocycles. The third kappa shape index (κ3) is 7.83. The number of aliphatic hydroxyl groups is 8. The van der Waals surface area contributed by atoms with Crippen LogP contribution in [0.2, 0.25) is 0 Å². The van der Waals surface area contributed by atoms with Crippen LogP contribution in [-0.4, -0.2) is 171 Å². The van der Waals surface area contributed by atoms with E-state index in [-0.39, 0.29) is 32.1 Å². The molecule has 252 valence electrons. The number of hydrogen-bond donors (Lipinski definition) is 14. The van der Waals surface area contributed by atoms with Gasteiger partial charge in [-0.05, 0) is 31.7 Å². The van der Waals surface area contributed by atoms with Crippen LogP contribution in [0.4, 0.5) is 0 Å². The molecule has 17 heteroatoms. The Balaban J connectivity index is 1.52. The molecule has 4 aliphatic rings. The standard InChI is InChI=1S/C26H52N6O11/c27-4-11(34)6-32-13-3-12(29)16(20(37)24(13)43-26-21(38)17(30)18(35)15(8-33)42-26)25-23(40)22(39)19(36)14(41-25)7-31-5-9-1-10(28)2-9/h9-26,31-40H,1-8,27-30H2. The van der Waals surface area contributed by atoms with E-state index < -0.39 is 104 Å². The van der Waals surface area contributed by atoms with Gasteiger partial charge in [0.2, 0.25) is 0 Å². The summed E-state index contributed by atoms with van der Waals surface area (Å²) in [4.78, 5) is 0. The molecule has 16 unspecified atom stereocenters. The minimum absolute atomic E-state index is 0.0177. The molecule has 0 spiro atoms. The van der Waals surface area contributed by atoms with Crippen LogP contribution in [0.25, 0.3) is 0 Å². The summed E-state index contributed by atoms with van der Waals surface area (Å²) >= 11 is 0. The minimum atomic E-state index is -1.61. The van der Waals surface area contributed by atoms with Crippen molar-refractivity contribution in [1.29, 1.82) is 0 Å². The van der Waals surface area contributed by atoms with Crippen LogP contribution in [0.15, 0.2) is 0 Å².